The van der Waals surface area contributed by atoms with E-state index in [0.29, 0.717) is 6.54 Å². The second-order valence-electron chi connectivity index (χ2n) is 4.67. The van der Waals surface area contributed by atoms with E-state index >= 15 is 0 Å². The Morgan fingerprint density at radius 2 is 2.19 bits per heavy atom. The van der Waals surface area contributed by atoms with Gasteiger partial charge in [-0.2, -0.15) is 0 Å². The van der Waals surface area contributed by atoms with Gasteiger partial charge in [-0.25, -0.2) is 9.78 Å². The molecular formula is C13H21Cl2N3O3. The summed E-state index contributed by atoms with van der Waals surface area (Å²) in [6.07, 6.45) is 1.47. The molecule has 0 fully saturated rings. The van der Waals surface area contributed by atoms with Gasteiger partial charge in [-0.3, -0.25) is 0 Å². The molecule has 0 radical (unpaired) electrons. The summed E-state index contributed by atoms with van der Waals surface area (Å²) < 4.78 is 0. The number of aliphatic hydroxyl groups excluding tert-OH is 1. The molecule has 0 aliphatic carbocycles. The third-order valence-corrected chi connectivity index (χ3v) is 3.21. The van der Waals surface area contributed by atoms with Crippen molar-refractivity contribution in [1.82, 2.24) is 15.6 Å². The number of fused-ring (bicyclic) bond motifs is 1. The predicted molar refractivity (Wildman–Crippen MR) is 84.6 cm³/mol. The molecule has 2 heterocycles. The largest absolute Gasteiger partial charge is 0.477 e. The number of carboxylic acid groups (broad SMARTS) is 1. The van der Waals surface area contributed by atoms with Crippen molar-refractivity contribution in [3.8, 4) is 0 Å². The average Bonchev–Trinajstić information content (AvgIpc) is 2.42. The number of nitrogens with zero attached hydrogens (tertiary/aromatic N) is 1. The van der Waals surface area contributed by atoms with Crippen molar-refractivity contribution < 1.29 is 15.0 Å². The molecule has 0 saturated heterocycles. The maximum Gasteiger partial charge on any atom is 0.354 e. The first-order valence-corrected chi connectivity index (χ1v) is 6.47. The summed E-state index contributed by atoms with van der Waals surface area (Å²) in [5.41, 5.74) is 2.04. The van der Waals surface area contributed by atoms with E-state index in [1.165, 1.54) is 0 Å². The van der Waals surface area contributed by atoms with E-state index < -0.39 is 5.97 Å². The number of aromatic carboxylic acids is 1. The lowest BCUT2D eigenvalue weighted by atomic mass is 10.0. The van der Waals surface area contributed by atoms with Crippen LogP contribution in [0.3, 0.4) is 0 Å². The van der Waals surface area contributed by atoms with Crippen LogP contribution in [0, 0.1) is 0 Å². The van der Waals surface area contributed by atoms with Crippen LogP contribution in [0.1, 0.15) is 28.2 Å². The molecule has 8 heteroatoms. The third kappa shape index (κ3) is 5.76. The number of pyridine rings is 1. The van der Waals surface area contributed by atoms with Crippen LogP contribution in [0.2, 0.25) is 0 Å². The number of nitrogens with one attached hydrogen (secondary N) is 2. The topological polar surface area (TPSA) is 94.5 Å². The Hall–Kier alpha value is -0.920. The van der Waals surface area contributed by atoms with Gasteiger partial charge in [0.1, 0.15) is 5.69 Å². The molecule has 1 aliphatic rings. The van der Waals surface area contributed by atoms with Crippen LogP contribution in [-0.2, 0) is 13.0 Å². The highest BCUT2D eigenvalue weighted by atomic mass is 35.5. The average molecular weight is 338 g/mol. The monoisotopic (exact) mass is 337 g/mol. The Labute approximate surface area is 136 Å². The summed E-state index contributed by atoms with van der Waals surface area (Å²) in [4.78, 5) is 15.1. The Kier molecular flexibility index (Phi) is 9.48. The zero-order valence-corrected chi connectivity index (χ0v) is 13.2. The molecule has 1 aromatic rings. The van der Waals surface area contributed by atoms with Crippen molar-refractivity contribution in [3.05, 3.63) is 29.1 Å². The highest BCUT2D eigenvalue weighted by Crippen LogP contribution is 2.15. The first kappa shape index (κ1) is 20.1. The minimum Gasteiger partial charge on any atom is -0.477 e. The number of aliphatic hydroxyl groups is 1. The molecule has 1 unspecified atom stereocenters. The quantitative estimate of drug-likeness (QED) is 0.568. The van der Waals surface area contributed by atoms with E-state index in [2.05, 4.69) is 15.6 Å². The summed E-state index contributed by atoms with van der Waals surface area (Å²) in [7, 11) is 0. The highest BCUT2D eigenvalue weighted by molar-refractivity contribution is 5.86. The fourth-order valence-corrected chi connectivity index (χ4v) is 2.17. The Morgan fingerprint density at radius 1 is 1.43 bits per heavy atom. The van der Waals surface area contributed by atoms with Crippen LogP contribution in [0.15, 0.2) is 12.1 Å². The molecule has 6 nitrogen and oxygen atoms in total. The van der Waals surface area contributed by atoms with Gasteiger partial charge in [0.15, 0.2) is 0 Å². The van der Waals surface area contributed by atoms with Gasteiger partial charge in [-0.15, -0.1) is 24.8 Å². The molecule has 120 valence electrons. The smallest absolute Gasteiger partial charge is 0.354 e. The molecule has 0 aromatic carbocycles. The zero-order valence-electron chi connectivity index (χ0n) is 11.5. The van der Waals surface area contributed by atoms with Crippen molar-refractivity contribution in [2.24, 2.45) is 0 Å². The van der Waals surface area contributed by atoms with Crippen LogP contribution in [-0.4, -0.2) is 46.9 Å². The molecule has 0 saturated carbocycles. The Morgan fingerprint density at radius 3 is 2.86 bits per heavy atom. The van der Waals surface area contributed by atoms with Crippen LogP contribution in [0.4, 0.5) is 0 Å². The van der Waals surface area contributed by atoms with E-state index in [4.69, 9.17) is 10.2 Å². The number of halogens is 2. The molecule has 1 atom stereocenters. The van der Waals surface area contributed by atoms with E-state index in [1.54, 1.807) is 6.07 Å². The molecule has 0 amide bonds. The first-order valence-electron chi connectivity index (χ1n) is 6.47. The summed E-state index contributed by atoms with van der Waals surface area (Å²) in [6, 6.07) is 3.62. The van der Waals surface area contributed by atoms with E-state index in [-0.39, 0.29) is 43.2 Å². The van der Waals surface area contributed by atoms with Crippen molar-refractivity contribution in [1.29, 1.82) is 0 Å². The molecule has 0 spiro atoms. The maximum atomic E-state index is 10.9. The predicted octanol–water partition coefficient (Wildman–Crippen LogP) is 0.610. The number of carboxylic acids is 1. The Balaban J connectivity index is 0.00000200. The number of rotatable bonds is 6. The number of carbonyl (C=O) groups is 1. The van der Waals surface area contributed by atoms with E-state index in [1.807, 2.05) is 6.07 Å². The summed E-state index contributed by atoms with van der Waals surface area (Å²) >= 11 is 0. The number of hydrogen-bond acceptors (Lipinski definition) is 5. The molecule has 4 N–H and O–H groups in total. The minimum atomic E-state index is -0.987. The SMILES string of the molecule is Cl.Cl.O=C(O)c1ccc2c(n1)CC(CNCCCO)NC2. The normalized spacial score (nSPS) is 16.3. The van der Waals surface area contributed by atoms with Crippen LogP contribution < -0.4 is 10.6 Å². The standard InChI is InChI=1S/C13H19N3O3.2ClH/c17-5-1-4-14-8-10-6-12-9(7-15-10)2-3-11(16-12)13(18)19;;/h2-3,10,14-15,17H,1,4-8H2,(H,18,19);2*1H. The van der Waals surface area contributed by atoms with Crippen molar-refractivity contribution in [2.45, 2.75) is 25.4 Å². The van der Waals surface area contributed by atoms with Gasteiger partial charge in [0, 0.05) is 37.9 Å². The number of hydrogen-bond donors (Lipinski definition) is 4. The van der Waals surface area contributed by atoms with Gasteiger partial charge in [-0.05, 0) is 24.6 Å². The molecular weight excluding hydrogens is 317 g/mol. The lowest BCUT2D eigenvalue weighted by Crippen LogP contribution is -2.43. The maximum absolute atomic E-state index is 10.9. The summed E-state index contributed by atoms with van der Waals surface area (Å²) in [5, 5.41) is 24.3. The first-order chi connectivity index (χ1) is 9.20. The van der Waals surface area contributed by atoms with Gasteiger partial charge >= 0.3 is 5.97 Å². The van der Waals surface area contributed by atoms with Gasteiger partial charge in [0.2, 0.25) is 0 Å². The fourth-order valence-electron chi connectivity index (χ4n) is 2.17. The molecule has 1 aromatic heterocycles. The van der Waals surface area contributed by atoms with E-state index in [9.17, 15) is 4.79 Å². The highest BCUT2D eigenvalue weighted by Gasteiger charge is 2.20. The van der Waals surface area contributed by atoms with Crippen LogP contribution >= 0.6 is 24.8 Å². The number of aromatic nitrogens is 1. The van der Waals surface area contributed by atoms with Gasteiger partial charge in [-0.1, -0.05) is 6.07 Å². The fraction of sp³-hybridized carbons (Fsp3) is 0.538. The van der Waals surface area contributed by atoms with Crippen molar-refractivity contribution in [3.63, 3.8) is 0 Å². The lowest BCUT2D eigenvalue weighted by Gasteiger charge is -2.25. The summed E-state index contributed by atoms with van der Waals surface area (Å²) in [5.74, 6) is -0.987. The van der Waals surface area contributed by atoms with Crippen molar-refractivity contribution >= 4 is 30.8 Å². The zero-order chi connectivity index (χ0) is 13.7. The molecule has 1 aliphatic heterocycles. The van der Waals surface area contributed by atoms with Crippen LogP contribution in [0.25, 0.3) is 0 Å². The van der Waals surface area contributed by atoms with Crippen molar-refractivity contribution in [2.75, 3.05) is 19.7 Å². The molecule has 2 rings (SSSR count). The van der Waals surface area contributed by atoms with Gasteiger partial charge in [0.05, 0.1) is 0 Å². The van der Waals surface area contributed by atoms with Gasteiger partial charge in [0.25, 0.3) is 0 Å². The second kappa shape index (κ2) is 9.92. The van der Waals surface area contributed by atoms with Crippen LogP contribution in [0.5, 0.6) is 0 Å². The Bertz CT molecular complexity index is 460. The lowest BCUT2D eigenvalue weighted by molar-refractivity contribution is 0.0690. The van der Waals surface area contributed by atoms with E-state index in [0.717, 1.165) is 37.2 Å². The second-order valence-corrected chi connectivity index (χ2v) is 4.67. The molecule has 21 heavy (non-hydrogen) atoms. The molecule has 0 bridgehead atoms. The third-order valence-electron chi connectivity index (χ3n) is 3.21. The summed E-state index contributed by atoms with van der Waals surface area (Å²) in [6.45, 7) is 2.48. The minimum absolute atomic E-state index is 0. The van der Waals surface area contributed by atoms with Gasteiger partial charge < -0.3 is 20.8 Å².